The molecule has 1 heterocycles. The van der Waals surface area contributed by atoms with Gasteiger partial charge in [0.25, 0.3) is 0 Å². The first-order valence-corrected chi connectivity index (χ1v) is 10.3. The fourth-order valence-electron chi connectivity index (χ4n) is 2.63. The van der Waals surface area contributed by atoms with Gasteiger partial charge in [-0.3, -0.25) is 4.79 Å². The van der Waals surface area contributed by atoms with Gasteiger partial charge in [-0.25, -0.2) is 17.5 Å². The lowest BCUT2D eigenvalue weighted by molar-refractivity contribution is -0.116. The number of amides is 1. The van der Waals surface area contributed by atoms with Crippen molar-refractivity contribution < 1.29 is 27.1 Å². The van der Waals surface area contributed by atoms with Crippen LogP contribution in [0.3, 0.4) is 0 Å². The molecule has 28 heavy (non-hydrogen) atoms. The molecule has 7 nitrogen and oxygen atoms in total. The van der Waals surface area contributed by atoms with Crippen LogP contribution < -0.4 is 19.5 Å². The van der Waals surface area contributed by atoms with Crippen molar-refractivity contribution in [3.8, 4) is 11.5 Å². The van der Waals surface area contributed by atoms with Crippen molar-refractivity contribution in [1.82, 2.24) is 4.72 Å². The molecule has 0 saturated heterocycles. The topological polar surface area (TPSA) is 93.7 Å². The van der Waals surface area contributed by atoms with E-state index in [2.05, 4.69) is 10.0 Å². The fourth-order valence-corrected chi connectivity index (χ4v) is 3.68. The molecule has 1 aliphatic heterocycles. The number of benzene rings is 2. The lowest BCUT2D eigenvalue weighted by Gasteiger charge is -2.11. The number of anilines is 1. The highest BCUT2D eigenvalue weighted by molar-refractivity contribution is 7.89. The van der Waals surface area contributed by atoms with Crippen LogP contribution in [0.4, 0.5) is 10.1 Å². The van der Waals surface area contributed by atoms with E-state index in [9.17, 15) is 17.6 Å². The molecule has 9 heteroatoms. The molecule has 2 aromatic carbocycles. The Kier molecular flexibility index (Phi) is 6.15. The molecule has 1 amide bonds. The van der Waals surface area contributed by atoms with Gasteiger partial charge in [-0.15, -0.1) is 0 Å². The predicted molar refractivity (Wildman–Crippen MR) is 102 cm³/mol. The summed E-state index contributed by atoms with van der Waals surface area (Å²) in [4.78, 5) is 12.0. The molecule has 1 aliphatic rings. The number of carbonyl (C=O) groups excluding carboxylic acids is 1. The molecule has 0 radical (unpaired) electrons. The number of carbonyl (C=O) groups is 1. The van der Waals surface area contributed by atoms with Crippen molar-refractivity contribution in [2.75, 3.05) is 25.1 Å². The first-order chi connectivity index (χ1) is 13.3. The van der Waals surface area contributed by atoms with E-state index < -0.39 is 21.7 Å². The van der Waals surface area contributed by atoms with E-state index in [0.29, 0.717) is 36.0 Å². The van der Waals surface area contributed by atoms with Gasteiger partial charge in [0.15, 0.2) is 11.5 Å². The number of hydrogen-bond donors (Lipinski definition) is 2. The minimum absolute atomic E-state index is 0.0260. The third-order valence-corrected chi connectivity index (χ3v) is 5.61. The van der Waals surface area contributed by atoms with Crippen molar-refractivity contribution in [2.24, 2.45) is 0 Å². The van der Waals surface area contributed by atoms with Crippen LogP contribution in [0.25, 0.3) is 0 Å². The molecule has 2 N–H and O–H groups in total. The average molecular weight is 408 g/mol. The van der Waals surface area contributed by atoms with Crippen LogP contribution in [0, 0.1) is 12.7 Å². The number of fused-ring (bicyclic) bond motifs is 1. The van der Waals surface area contributed by atoms with Gasteiger partial charge in [0.05, 0.1) is 18.1 Å². The summed E-state index contributed by atoms with van der Waals surface area (Å²) in [5.41, 5.74) is 1.07. The first-order valence-electron chi connectivity index (χ1n) is 8.80. The third kappa shape index (κ3) is 4.99. The van der Waals surface area contributed by atoms with Gasteiger partial charge in [-0.2, -0.15) is 0 Å². The summed E-state index contributed by atoms with van der Waals surface area (Å²) in [6.07, 6.45) is 0.620. The third-order valence-electron chi connectivity index (χ3n) is 4.15. The summed E-state index contributed by atoms with van der Waals surface area (Å²) in [5.74, 6) is -0.00735. The van der Waals surface area contributed by atoms with E-state index in [1.54, 1.807) is 19.1 Å². The maximum atomic E-state index is 13.3. The number of hydrogen-bond acceptors (Lipinski definition) is 5. The molecular weight excluding hydrogens is 387 g/mol. The van der Waals surface area contributed by atoms with Crippen LogP contribution in [0.1, 0.15) is 18.4 Å². The lowest BCUT2D eigenvalue weighted by Crippen LogP contribution is -2.28. The number of nitrogens with one attached hydrogen (secondary N) is 2. The smallest absolute Gasteiger partial charge is 0.240 e. The predicted octanol–water partition coefficient (Wildman–Crippen LogP) is 2.60. The summed E-state index contributed by atoms with van der Waals surface area (Å²) >= 11 is 0. The molecule has 0 unspecified atom stereocenters. The van der Waals surface area contributed by atoms with E-state index in [-0.39, 0.29) is 17.9 Å². The van der Waals surface area contributed by atoms with Crippen molar-refractivity contribution in [3.63, 3.8) is 0 Å². The second-order valence-electron chi connectivity index (χ2n) is 6.31. The van der Waals surface area contributed by atoms with Gasteiger partial charge < -0.3 is 14.8 Å². The molecule has 0 saturated carbocycles. The second kappa shape index (κ2) is 8.57. The Morgan fingerprint density at radius 2 is 1.86 bits per heavy atom. The highest BCUT2D eigenvalue weighted by Crippen LogP contribution is 2.31. The number of sulfonamides is 1. The molecule has 0 aliphatic carbocycles. The van der Waals surface area contributed by atoms with E-state index in [1.807, 2.05) is 0 Å². The molecule has 0 aromatic heterocycles. The van der Waals surface area contributed by atoms with Crippen molar-refractivity contribution in [1.29, 1.82) is 0 Å². The van der Waals surface area contributed by atoms with Crippen LogP contribution in [-0.2, 0) is 14.8 Å². The fraction of sp³-hybridized carbons (Fsp3) is 0.316. The molecule has 150 valence electrons. The maximum absolute atomic E-state index is 13.3. The summed E-state index contributed by atoms with van der Waals surface area (Å²) in [5, 5.41) is 2.57. The number of ether oxygens (including phenoxy) is 2. The standard InChI is InChI=1S/C19H21FN2O5S/c1-13-3-4-14(20)11-16(13)22-19(23)7-8-21-28(24,25)15-5-6-17-18(12-15)27-10-2-9-26-17/h3-6,11-12,21H,2,7-10H2,1H3,(H,22,23). The molecule has 2 aromatic rings. The van der Waals surface area contributed by atoms with Crippen molar-refractivity contribution in [2.45, 2.75) is 24.7 Å². The Labute approximate surface area is 162 Å². The molecule has 0 fully saturated rings. The van der Waals surface area contributed by atoms with Gasteiger partial charge in [0, 0.05) is 31.1 Å². The first kappa shape index (κ1) is 20.1. The van der Waals surface area contributed by atoms with Crippen molar-refractivity contribution in [3.05, 3.63) is 47.8 Å². The Morgan fingerprint density at radius 1 is 1.11 bits per heavy atom. The zero-order valence-electron chi connectivity index (χ0n) is 15.3. The van der Waals surface area contributed by atoms with E-state index in [1.165, 1.54) is 24.3 Å². The molecule has 0 bridgehead atoms. The number of rotatable bonds is 6. The van der Waals surface area contributed by atoms with Gasteiger partial charge in [0.2, 0.25) is 15.9 Å². The van der Waals surface area contributed by atoms with E-state index >= 15 is 0 Å². The summed E-state index contributed by atoms with van der Waals surface area (Å²) < 4.78 is 51.6. The van der Waals surface area contributed by atoms with Crippen LogP contribution in [0.2, 0.25) is 0 Å². The zero-order chi connectivity index (χ0) is 20.1. The summed E-state index contributed by atoms with van der Waals surface area (Å²) in [6, 6.07) is 8.45. The summed E-state index contributed by atoms with van der Waals surface area (Å²) in [6.45, 7) is 2.60. The van der Waals surface area contributed by atoms with Crippen LogP contribution in [0.5, 0.6) is 11.5 Å². The van der Waals surface area contributed by atoms with Gasteiger partial charge in [0.1, 0.15) is 5.82 Å². The van der Waals surface area contributed by atoms with E-state index in [4.69, 9.17) is 9.47 Å². The minimum Gasteiger partial charge on any atom is -0.490 e. The van der Waals surface area contributed by atoms with Crippen LogP contribution >= 0.6 is 0 Å². The number of halogens is 1. The van der Waals surface area contributed by atoms with Crippen LogP contribution in [0.15, 0.2) is 41.3 Å². The quantitative estimate of drug-likeness (QED) is 0.766. The molecular formula is C19H21FN2O5S. The zero-order valence-corrected chi connectivity index (χ0v) is 16.1. The Bertz CT molecular complexity index is 978. The minimum atomic E-state index is -3.81. The molecule has 0 atom stereocenters. The number of aryl methyl sites for hydroxylation is 1. The van der Waals surface area contributed by atoms with E-state index in [0.717, 1.165) is 6.42 Å². The lowest BCUT2D eigenvalue weighted by atomic mass is 10.2. The summed E-state index contributed by atoms with van der Waals surface area (Å²) in [7, 11) is -3.81. The molecule has 3 rings (SSSR count). The van der Waals surface area contributed by atoms with Gasteiger partial charge in [-0.1, -0.05) is 6.07 Å². The maximum Gasteiger partial charge on any atom is 0.240 e. The second-order valence-corrected chi connectivity index (χ2v) is 8.08. The average Bonchev–Trinajstić information content (AvgIpc) is 2.89. The van der Waals surface area contributed by atoms with Crippen molar-refractivity contribution >= 4 is 21.6 Å². The largest absolute Gasteiger partial charge is 0.490 e. The SMILES string of the molecule is Cc1ccc(F)cc1NC(=O)CCNS(=O)(=O)c1ccc2c(c1)OCCCO2. The molecule has 0 spiro atoms. The Hall–Kier alpha value is -2.65. The highest BCUT2D eigenvalue weighted by atomic mass is 32.2. The Morgan fingerprint density at radius 3 is 2.64 bits per heavy atom. The van der Waals surface area contributed by atoms with Gasteiger partial charge in [-0.05, 0) is 36.8 Å². The van der Waals surface area contributed by atoms with Crippen LogP contribution in [-0.4, -0.2) is 34.1 Å². The normalized spacial score (nSPS) is 13.6. The monoisotopic (exact) mass is 408 g/mol. The highest BCUT2D eigenvalue weighted by Gasteiger charge is 2.19. The Balaban J connectivity index is 1.58. The van der Waals surface area contributed by atoms with Gasteiger partial charge >= 0.3 is 0 Å².